The van der Waals surface area contributed by atoms with Gasteiger partial charge < -0.3 is 15.7 Å². The van der Waals surface area contributed by atoms with Crippen LogP contribution in [-0.2, 0) is 10.5 Å². The van der Waals surface area contributed by atoms with Gasteiger partial charge in [0.15, 0.2) is 5.84 Å². The summed E-state index contributed by atoms with van der Waals surface area (Å²) in [5.41, 5.74) is 7.41. The van der Waals surface area contributed by atoms with Crippen LogP contribution in [-0.4, -0.2) is 30.5 Å². The first kappa shape index (κ1) is 12.9. The molecule has 1 aromatic rings. The number of thioether (sulfide) groups is 1. The zero-order chi connectivity index (χ0) is 11.8. The Bertz CT molecular complexity index is 338. The predicted molar refractivity (Wildman–Crippen MR) is 67.0 cm³/mol. The van der Waals surface area contributed by atoms with Crippen LogP contribution < -0.4 is 5.73 Å². The average molecular weight is 240 g/mol. The molecule has 0 aliphatic heterocycles. The van der Waals surface area contributed by atoms with Gasteiger partial charge in [-0.3, -0.25) is 0 Å². The fourth-order valence-corrected chi connectivity index (χ4v) is 2.02. The maximum atomic E-state index is 8.50. The molecule has 0 bridgehead atoms. The number of hydrogen-bond acceptors (Lipinski definition) is 4. The molecule has 5 heteroatoms. The van der Waals surface area contributed by atoms with Gasteiger partial charge >= 0.3 is 0 Å². The van der Waals surface area contributed by atoms with Gasteiger partial charge in [0.2, 0.25) is 0 Å². The lowest BCUT2D eigenvalue weighted by atomic mass is 10.1. The predicted octanol–water partition coefficient (Wildman–Crippen LogP) is 1.66. The molecule has 1 aromatic carbocycles. The standard InChI is InChI=1S/C11H16N2O2S/c1-15-6-7-16-8-9-2-4-10(5-3-9)11(12)13-14/h2-5,14H,6-8H2,1H3,(H2,12,13). The lowest BCUT2D eigenvalue weighted by Gasteiger charge is -2.03. The van der Waals surface area contributed by atoms with Crippen molar-refractivity contribution in [2.75, 3.05) is 19.5 Å². The second-order valence-corrected chi connectivity index (χ2v) is 4.33. The van der Waals surface area contributed by atoms with E-state index in [1.54, 1.807) is 7.11 Å². The Morgan fingerprint density at radius 1 is 1.44 bits per heavy atom. The van der Waals surface area contributed by atoms with Crippen LogP contribution in [0, 0.1) is 0 Å². The lowest BCUT2D eigenvalue weighted by Crippen LogP contribution is -2.12. The van der Waals surface area contributed by atoms with E-state index >= 15 is 0 Å². The minimum absolute atomic E-state index is 0.138. The Hall–Kier alpha value is -1.20. The van der Waals surface area contributed by atoms with Gasteiger partial charge in [-0.15, -0.1) is 0 Å². The fourth-order valence-electron chi connectivity index (χ4n) is 1.16. The Morgan fingerprint density at radius 2 is 2.12 bits per heavy atom. The number of ether oxygens (including phenoxy) is 1. The maximum absolute atomic E-state index is 8.50. The van der Waals surface area contributed by atoms with Gasteiger partial charge in [0.25, 0.3) is 0 Å². The van der Waals surface area contributed by atoms with E-state index in [2.05, 4.69) is 5.16 Å². The smallest absolute Gasteiger partial charge is 0.170 e. The molecular formula is C11H16N2O2S. The molecule has 0 heterocycles. The van der Waals surface area contributed by atoms with Crippen molar-refractivity contribution in [2.45, 2.75) is 5.75 Å². The molecule has 0 atom stereocenters. The summed E-state index contributed by atoms with van der Waals surface area (Å²) in [5, 5.41) is 11.5. The highest BCUT2D eigenvalue weighted by atomic mass is 32.2. The molecule has 0 amide bonds. The van der Waals surface area contributed by atoms with Crippen LogP contribution in [0.1, 0.15) is 11.1 Å². The van der Waals surface area contributed by atoms with Crippen LogP contribution >= 0.6 is 11.8 Å². The van der Waals surface area contributed by atoms with E-state index < -0.39 is 0 Å². The van der Waals surface area contributed by atoms with Crippen molar-refractivity contribution in [3.8, 4) is 0 Å². The number of benzene rings is 1. The first-order valence-electron chi connectivity index (χ1n) is 4.91. The van der Waals surface area contributed by atoms with Gasteiger partial charge in [0.1, 0.15) is 0 Å². The van der Waals surface area contributed by atoms with E-state index in [1.807, 2.05) is 36.0 Å². The van der Waals surface area contributed by atoms with Crippen molar-refractivity contribution < 1.29 is 9.94 Å². The number of nitrogens with zero attached hydrogens (tertiary/aromatic N) is 1. The molecule has 0 saturated heterocycles. The highest BCUT2D eigenvalue weighted by molar-refractivity contribution is 7.98. The molecular weight excluding hydrogens is 224 g/mol. The second kappa shape index (κ2) is 7.14. The van der Waals surface area contributed by atoms with E-state index in [4.69, 9.17) is 15.7 Å². The van der Waals surface area contributed by atoms with Crippen LogP contribution in [0.4, 0.5) is 0 Å². The van der Waals surface area contributed by atoms with E-state index in [-0.39, 0.29) is 5.84 Å². The summed E-state index contributed by atoms with van der Waals surface area (Å²) >= 11 is 1.82. The first-order chi connectivity index (χ1) is 7.77. The van der Waals surface area contributed by atoms with Gasteiger partial charge in [-0.2, -0.15) is 11.8 Å². The molecule has 0 unspecified atom stereocenters. The van der Waals surface area contributed by atoms with E-state index in [9.17, 15) is 0 Å². The van der Waals surface area contributed by atoms with E-state index in [0.29, 0.717) is 0 Å². The van der Waals surface area contributed by atoms with Crippen molar-refractivity contribution in [1.29, 1.82) is 0 Å². The summed E-state index contributed by atoms with van der Waals surface area (Å²) < 4.78 is 4.96. The van der Waals surface area contributed by atoms with Gasteiger partial charge in [-0.05, 0) is 5.56 Å². The monoisotopic (exact) mass is 240 g/mol. The summed E-state index contributed by atoms with van der Waals surface area (Å²) in [6.07, 6.45) is 0. The largest absolute Gasteiger partial charge is 0.409 e. The summed E-state index contributed by atoms with van der Waals surface area (Å²) in [6.45, 7) is 0.771. The minimum atomic E-state index is 0.138. The molecule has 0 radical (unpaired) electrons. The summed E-state index contributed by atoms with van der Waals surface area (Å²) in [4.78, 5) is 0. The topological polar surface area (TPSA) is 67.8 Å². The Kier molecular flexibility index (Phi) is 5.74. The van der Waals surface area contributed by atoms with E-state index in [1.165, 1.54) is 5.56 Å². The van der Waals surface area contributed by atoms with Crippen molar-refractivity contribution in [3.05, 3.63) is 35.4 Å². The Labute approximate surface area is 99.5 Å². The molecule has 3 N–H and O–H groups in total. The molecule has 0 spiro atoms. The number of nitrogens with two attached hydrogens (primary N) is 1. The molecule has 0 fully saturated rings. The lowest BCUT2D eigenvalue weighted by molar-refractivity contribution is 0.218. The molecule has 0 aliphatic rings. The number of hydrogen-bond donors (Lipinski definition) is 2. The molecule has 88 valence electrons. The average Bonchev–Trinajstić information content (AvgIpc) is 2.34. The first-order valence-corrected chi connectivity index (χ1v) is 6.07. The zero-order valence-corrected chi connectivity index (χ0v) is 10.0. The normalized spacial score (nSPS) is 11.7. The molecule has 1 rings (SSSR count). The molecule has 4 nitrogen and oxygen atoms in total. The second-order valence-electron chi connectivity index (χ2n) is 3.23. The highest BCUT2D eigenvalue weighted by Gasteiger charge is 1.99. The number of rotatable bonds is 6. The van der Waals surface area contributed by atoms with Gasteiger partial charge in [-0.25, -0.2) is 0 Å². The number of oxime groups is 1. The number of amidine groups is 1. The van der Waals surface area contributed by atoms with E-state index in [0.717, 1.165) is 23.7 Å². The van der Waals surface area contributed by atoms with Gasteiger partial charge in [0, 0.05) is 24.2 Å². The highest BCUT2D eigenvalue weighted by Crippen LogP contribution is 2.12. The molecule has 0 saturated carbocycles. The number of methoxy groups -OCH3 is 1. The van der Waals surface area contributed by atoms with Crippen LogP contribution in [0.5, 0.6) is 0 Å². The zero-order valence-electron chi connectivity index (χ0n) is 9.22. The molecule has 16 heavy (non-hydrogen) atoms. The third kappa shape index (κ3) is 4.12. The van der Waals surface area contributed by atoms with Crippen molar-refractivity contribution in [1.82, 2.24) is 0 Å². The van der Waals surface area contributed by atoms with Crippen molar-refractivity contribution in [2.24, 2.45) is 10.9 Å². The van der Waals surface area contributed by atoms with Crippen LogP contribution in [0.25, 0.3) is 0 Å². The summed E-state index contributed by atoms with van der Waals surface area (Å²) in [5.74, 6) is 2.07. The Morgan fingerprint density at radius 3 is 2.69 bits per heavy atom. The summed E-state index contributed by atoms with van der Waals surface area (Å²) in [6, 6.07) is 7.66. The summed E-state index contributed by atoms with van der Waals surface area (Å²) in [7, 11) is 1.70. The van der Waals surface area contributed by atoms with Crippen molar-refractivity contribution in [3.63, 3.8) is 0 Å². The van der Waals surface area contributed by atoms with Crippen LogP contribution in [0.15, 0.2) is 29.4 Å². The maximum Gasteiger partial charge on any atom is 0.170 e. The third-order valence-corrected chi connectivity index (χ3v) is 3.05. The minimum Gasteiger partial charge on any atom is -0.409 e. The van der Waals surface area contributed by atoms with Gasteiger partial charge in [0.05, 0.1) is 6.61 Å². The quantitative estimate of drug-likeness (QED) is 0.261. The fraction of sp³-hybridized carbons (Fsp3) is 0.364. The SMILES string of the molecule is COCCSCc1ccc(/C(N)=N/O)cc1. The van der Waals surface area contributed by atoms with Gasteiger partial charge in [-0.1, -0.05) is 29.4 Å². The molecule has 0 aliphatic carbocycles. The van der Waals surface area contributed by atoms with Crippen LogP contribution in [0.3, 0.4) is 0 Å². The van der Waals surface area contributed by atoms with Crippen molar-refractivity contribution >= 4 is 17.6 Å². The molecule has 0 aromatic heterocycles. The van der Waals surface area contributed by atoms with Crippen LogP contribution in [0.2, 0.25) is 0 Å². The Balaban J connectivity index is 2.45. The third-order valence-electron chi connectivity index (χ3n) is 2.06.